The topological polar surface area (TPSA) is 55.4 Å². The lowest BCUT2D eigenvalue weighted by Gasteiger charge is -2.20. The minimum atomic E-state index is -4.71. The predicted molar refractivity (Wildman–Crippen MR) is 244 cm³/mol. The van der Waals surface area contributed by atoms with Gasteiger partial charge < -0.3 is 28.4 Å². The summed E-state index contributed by atoms with van der Waals surface area (Å²) in [5.74, 6) is -19.2. The van der Waals surface area contributed by atoms with Gasteiger partial charge in [0.25, 0.3) is 0 Å². The first kappa shape index (κ1) is 56.8. The summed E-state index contributed by atoms with van der Waals surface area (Å²) in [5.41, 5.74) is -3.23. The number of rotatable bonds is 28. The SMILES string of the molecule is CCCC(COCCCCCOc1ccc(-c2cc(F)c(C(F)(F)Oc3cc(F)c(F)c(F)c3)c(F)c2)cc1)COCCCCCOc1ccc(-c2cc(F)c(C(F)(F)Oc3cc(F)c(F)c(F)c3)c(F)c2)cc1. The summed E-state index contributed by atoms with van der Waals surface area (Å²) in [7, 11) is 0. The fourth-order valence-electron chi connectivity index (χ4n) is 7.57. The maximum atomic E-state index is 14.9. The molecule has 0 aromatic heterocycles. The molecular weight excluding hydrogens is 1010 g/mol. The van der Waals surface area contributed by atoms with Crippen LogP contribution in [0.3, 0.4) is 0 Å². The Bertz CT molecular complexity index is 2510. The highest BCUT2D eigenvalue weighted by Crippen LogP contribution is 2.40. The Balaban J connectivity index is 0.816. The third-order valence-electron chi connectivity index (χ3n) is 11.3. The molecule has 0 aliphatic heterocycles. The molecule has 74 heavy (non-hydrogen) atoms. The molecule has 0 saturated carbocycles. The predicted octanol–water partition coefficient (Wildman–Crippen LogP) is 15.9. The second-order valence-corrected chi connectivity index (χ2v) is 16.9. The first-order chi connectivity index (χ1) is 35.3. The van der Waals surface area contributed by atoms with Gasteiger partial charge in [0.15, 0.2) is 34.9 Å². The normalized spacial score (nSPS) is 11.9. The van der Waals surface area contributed by atoms with Crippen LogP contribution in [-0.4, -0.2) is 39.6 Å². The third-order valence-corrected chi connectivity index (χ3v) is 11.3. The Hall–Kier alpha value is -6.54. The van der Waals surface area contributed by atoms with Crippen molar-refractivity contribution in [2.75, 3.05) is 39.6 Å². The molecule has 0 atom stereocenters. The van der Waals surface area contributed by atoms with Crippen LogP contribution in [-0.2, 0) is 21.7 Å². The molecule has 6 nitrogen and oxygen atoms in total. The molecule has 0 bridgehead atoms. The second kappa shape index (κ2) is 26.1. The van der Waals surface area contributed by atoms with E-state index in [0.717, 1.165) is 38.5 Å². The molecule has 0 N–H and O–H groups in total. The average Bonchev–Trinajstić information content (AvgIpc) is 3.33. The molecule has 0 amide bonds. The Morgan fingerprint density at radius 1 is 0.378 bits per heavy atom. The van der Waals surface area contributed by atoms with Crippen LogP contribution in [0.4, 0.5) is 61.5 Å². The van der Waals surface area contributed by atoms with Crippen molar-refractivity contribution in [1.29, 1.82) is 0 Å². The zero-order chi connectivity index (χ0) is 53.6. The van der Waals surface area contributed by atoms with Crippen LogP contribution in [0.15, 0.2) is 97.1 Å². The summed E-state index contributed by atoms with van der Waals surface area (Å²) in [6.45, 7) is 5.00. The molecule has 0 aliphatic rings. The Morgan fingerprint density at radius 3 is 1.03 bits per heavy atom. The number of halogens is 14. The number of benzene rings is 6. The molecule has 20 heteroatoms. The molecule has 6 rings (SSSR count). The first-order valence-corrected chi connectivity index (χ1v) is 23.3. The zero-order valence-corrected chi connectivity index (χ0v) is 39.5. The van der Waals surface area contributed by atoms with Gasteiger partial charge in [-0.25, -0.2) is 43.9 Å². The van der Waals surface area contributed by atoms with Gasteiger partial charge in [-0.1, -0.05) is 37.6 Å². The maximum absolute atomic E-state index is 14.9. The molecule has 0 aliphatic carbocycles. The summed E-state index contributed by atoms with van der Waals surface area (Å²) in [4.78, 5) is 0. The van der Waals surface area contributed by atoms with Crippen LogP contribution < -0.4 is 18.9 Å². The molecule has 0 saturated heterocycles. The smallest absolute Gasteiger partial charge is 0.432 e. The van der Waals surface area contributed by atoms with Crippen molar-refractivity contribution >= 4 is 0 Å². The third kappa shape index (κ3) is 15.5. The molecule has 0 radical (unpaired) electrons. The minimum absolute atomic E-state index is 0.0863. The van der Waals surface area contributed by atoms with Gasteiger partial charge in [-0.15, -0.1) is 0 Å². The van der Waals surface area contributed by atoms with Crippen LogP contribution in [0.2, 0.25) is 0 Å². The largest absolute Gasteiger partial charge is 0.494 e. The van der Waals surface area contributed by atoms with E-state index < -0.39 is 93.0 Å². The highest BCUT2D eigenvalue weighted by molar-refractivity contribution is 5.66. The highest BCUT2D eigenvalue weighted by Gasteiger charge is 2.43. The Labute approximate surface area is 416 Å². The van der Waals surface area contributed by atoms with E-state index in [4.69, 9.17) is 18.9 Å². The van der Waals surface area contributed by atoms with E-state index in [1.54, 1.807) is 24.3 Å². The van der Waals surface area contributed by atoms with E-state index in [0.29, 0.717) is 88.2 Å². The standard InChI is InChI=1S/C54H48F14O6/c1-2-9-32(30-69-18-5-3-7-20-71-37-14-10-33(11-15-37)35-22-41(55)49(42(56)23-35)53(65,66)73-39-26-45(59)51(63)46(60)27-39)31-70-19-6-4-8-21-72-38-16-12-34(13-17-38)36-24-43(57)50(44(58)25-36)54(67,68)74-40-28-47(61)52(64)48(62)29-40/h10-17,22-29,32H,2-9,18-21,30-31H2,1H3. The van der Waals surface area contributed by atoms with E-state index >= 15 is 0 Å². The van der Waals surface area contributed by atoms with E-state index in [2.05, 4.69) is 16.4 Å². The van der Waals surface area contributed by atoms with Crippen LogP contribution in [0.25, 0.3) is 22.3 Å². The second-order valence-electron chi connectivity index (χ2n) is 16.9. The number of ether oxygens (including phenoxy) is 6. The van der Waals surface area contributed by atoms with Crippen LogP contribution in [0, 0.1) is 64.1 Å². The van der Waals surface area contributed by atoms with E-state index in [9.17, 15) is 61.5 Å². The molecule has 0 spiro atoms. The summed E-state index contributed by atoms with van der Waals surface area (Å²) >= 11 is 0. The fourth-order valence-corrected chi connectivity index (χ4v) is 7.57. The lowest BCUT2D eigenvalue weighted by Crippen LogP contribution is -2.25. The Morgan fingerprint density at radius 2 is 0.703 bits per heavy atom. The van der Waals surface area contributed by atoms with Crippen LogP contribution in [0.5, 0.6) is 23.0 Å². The monoisotopic (exact) mass is 1060 g/mol. The number of unbranched alkanes of at least 4 members (excludes halogenated alkanes) is 4. The van der Waals surface area contributed by atoms with Gasteiger partial charge in [-0.2, -0.15) is 17.6 Å². The van der Waals surface area contributed by atoms with Gasteiger partial charge in [0.2, 0.25) is 0 Å². The quantitative estimate of drug-likeness (QED) is 0.0277. The van der Waals surface area contributed by atoms with Crippen molar-refractivity contribution in [3.8, 4) is 45.3 Å². The molecule has 6 aromatic carbocycles. The van der Waals surface area contributed by atoms with E-state index in [-0.39, 0.29) is 52.4 Å². The highest BCUT2D eigenvalue weighted by atomic mass is 19.3. The van der Waals surface area contributed by atoms with E-state index in [1.165, 1.54) is 24.3 Å². The van der Waals surface area contributed by atoms with Crippen molar-refractivity contribution in [3.05, 3.63) is 166 Å². The van der Waals surface area contributed by atoms with Gasteiger partial charge in [-0.3, -0.25) is 0 Å². The zero-order valence-electron chi connectivity index (χ0n) is 39.5. The number of hydrogen-bond donors (Lipinski definition) is 0. The summed E-state index contributed by atoms with van der Waals surface area (Å²) < 4.78 is 230. The van der Waals surface area contributed by atoms with Gasteiger partial charge >= 0.3 is 12.2 Å². The lowest BCUT2D eigenvalue weighted by molar-refractivity contribution is -0.190. The van der Waals surface area contributed by atoms with Gasteiger partial charge in [0.05, 0.1) is 26.4 Å². The molecule has 398 valence electrons. The van der Waals surface area contributed by atoms with Crippen molar-refractivity contribution in [2.24, 2.45) is 5.92 Å². The minimum Gasteiger partial charge on any atom is -0.494 e. The van der Waals surface area contributed by atoms with E-state index in [1.807, 2.05) is 0 Å². The van der Waals surface area contributed by atoms with Crippen molar-refractivity contribution in [3.63, 3.8) is 0 Å². The van der Waals surface area contributed by atoms with Crippen molar-refractivity contribution < 1.29 is 89.9 Å². The molecule has 0 fully saturated rings. The first-order valence-electron chi connectivity index (χ1n) is 23.3. The molecule has 6 aromatic rings. The molecule has 0 unspecified atom stereocenters. The summed E-state index contributed by atoms with van der Waals surface area (Å²) in [6, 6.07) is 15.2. The molecular formula is C54H48F14O6. The summed E-state index contributed by atoms with van der Waals surface area (Å²) in [6.07, 6.45) is -2.91. The van der Waals surface area contributed by atoms with Crippen molar-refractivity contribution in [2.45, 2.75) is 70.5 Å². The van der Waals surface area contributed by atoms with Gasteiger partial charge in [0.1, 0.15) is 57.4 Å². The molecule has 0 heterocycles. The van der Waals surface area contributed by atoms with Crippen LogP contribution >= 0.6 is 0 Å². The number of alkyl halides is 4. The van der Waals surface area contributed by atoms with Gasteiger partial charge in [0, 0.05) is 43.4 Å². The number of hydrogen-bond acceptors (Lipinski definition) is 6. The fraction of sp³-hybridized carbons (Fsp3) is 0.333. The maximum Gasteiger partial charge on any atom is 0.432 e. The van der Waals surface area contributed by atoms with Gasteiger partial charge in [-0.05, 0) is 116 Å². The van der Waals surface area contributed by atoms with Crippen LogP contribution in [0.1, 0.15) is 69.4 Å². The summed E-state index contributed by atoms with van der Waals surface area (Å²) in [5, 5.41) is 0. The Kier molecular flexibility index (Phi) is 20.0. The van der Waals surface area contributed by atoms with Crippen molar-refractivity contribution in [1.82, 2.24) is 0 Å². The average molecular weight is 1060 g/mol. The lowest BCUT2D eigenvalue weighted by atomic mass is 10.0.